The molecule has 0 bridgehead atoms. The maximum absolute atomic E-state index is 12.0. The number of rotatable bonds is 15. The second-order valence-corrected chi connectivity index (χ2v) is 10.1. The standard InChI is InChI=1S/C21H41NO5Si/c1-5-9-11-19-12-14-20(15-13-19)18-24-21(23)22-16-10-17-28(25-6-2,26-7-3)27-8-4/h5,19-20H,1,6-18H2,2-4H3,(H,22,23). The van der Waals surface area contributed by atoms with Crippen molar-refractivity contribution >= 4 is 14.9 Å². The van der Waals surface area contributed by atoms with Crippen molar-refractivity contribution in [2.45, 2.75) is 71.8 Å². The summed E-state index contributed by atoms with van der Waals surface area (Å²) in [6.45, 7) is 12.4. The van der Waals surface area contributed by atoms with Gasteiger partial charge >= 0.3 is 14.9 Å². The van der Waals surface area contributed by atoms with E-state index in [9.17, 15) is 4.79 Å². The Labute approximate surface area is 172 Å². The minimum atomic E-state index is -2.63. The number of hydrogen-bond acceptors (Lipinski definition) is 5. The third-order valence-electron chi connectivity index (χ3n) is 5.22. The zero-order valence-corrected chi connectivity index (χ0v) is 19.2. The molecule has 1 fully saturated rings. The quantitative estimate of drug-likeness (QED) is 0.233. The molecule has 0 radical (unpaired) electrons. The molecule has 0 heterocycles. The molecule has 6 nitrogen and oxygen atoms in total. The van der Waals surface area contributed by atoms with Gasteiger partial charge in [-0.25, -0.2) is 4.79 Å². The van der Waals surface area contributed by atoms with Crippen molar-refractivity contribution in [1.82, 2.24) is 5.32 Å². The second-order valence-electron chi connectivity index (χ2n) is 7.36. The van der Waals surface area contributed by atoms with E-state index in [0.29, 0.717) is 44.9 Å². The van der Waals surface area contributed by atoms with Gasteiger partial charge in [0.05, 0.1) is 6.61 Å². The van der Waals surface area contributed by atoms with Crippen molar-refractivity contribution in [2.75, 3.05) is 33.0 Å². The van der Waals surface area contributed by atoms with E-state index in [1.165, 1.54) is 19.3 Å². The molecular weight excluding hydrogens is 374 g/mol. The van der Waals surface area contributed by atoms with E-state index in [1.807, 2.05) is 26.8 Å². The number of nitrogens with one attached hydrogen (secondary N) is 1. The number of hydrogen-bond donors (Lipinski definition) is 1. The van der Waals surface area contributed by atoms with E-state index >= 15 is 0 Å². The summed E-state index contributed by atoms with van der Waals surface area (Å²) in [6.07, 6.45) is 9.55. The van der Waals surface area contributed by atoms with Gasteiger partial charge in [0.25, 0.3) is 0 Å². The fourth-order valence-electron chi connectivity index (χ4n) is 3.78. The van der Waals surface area contributed by atoms with Crippen LogP contribution in [0.2, 0.25) is 6.04 Å². The molecule has 1 N–H and O–H groups in total. The summed E-state index contributed by atoms with van der Waals surface area (Å²) in [5, 5.41) is 2.84. The first-order valence-corrected chi connectivity index (χ1v) is 13.0. The largest absolute Gasteiger partial charge is 0.500 e. The molecule has 0 saturated heterocycles. The van der Waals surface area contributed by atoms with E-state index in [-0.39, 0.29) is 6.09 Å². The van der Waals surface area contributed by atoms with E-state index in [0.717, 1.165) is 31.6 Å². The van der Waals surface area contributed by atoms with Gasteiger partial charge in [0.2, 0.25) is 0 Å². The monoisotopic (exact) mass is 415 g/mol. The van der Waals surface area contributed by atoms with Crippen molar-refractivity contribution in [3.63, 3.8) is 0 Å². The third kappa shape index (κ3) is 10.0. The van der Waals surface area contributed by atoms with Gasteiger partial charge in [-0.15, -0.1) is 6.58 Å². The average Bonchev–Trinajstić information content (AvgIpc) is 2.69. The number of ether oxygens (including phenoxy) is 1. The van der Waals surface area contributed by atoms with Gasteiger partial charge in [0.1, 0.15) is 0 Å². The van der Waals surface area contributed by atoms with Gasteiger partial charge in [-0.1, -0.05) is 18.9 Å². The summed E-state index contributed by atoms with van der Waals surface area (Å²) < 4.78 is 22.9. The second kappa shape index (κ2) is 15.0. The lowest BCUT2D eigenvalue weighted by molar-refractivity contribution is 0.0705. The first kappa shape index (κ1) is 25.1. The van der Waals surface area contributed by atoms with Crippen molar-refractivity contribution in [3.8, 4) is 0 Å². The van der Waals surface area contributed by atoms with Crippen molar-refractivity contribution < 1.29 is 22.8 Å². The molecule has 28 heavy (non-hydrogen) atoms. The van der Waals surface area contributed by atoms with Crippen LogP contribution in [-0.2, 0) is 18.0 Å². The Morgan fingerprint density at radius 1 is 1.04 bits per heavy atom. The van der Waals surface area contributed by atoms with Crippen LogP contribution in [0.1, 0.15) is 65.7 Å². The molecule has 164 valence electrons. The number of amides is 1. The SMILES string of the molecule is C=CCCC1CCC(COC(=O)NCCC[Si](OCC)(OCC)OCC)CC1. The maximum atomic E-state index is 12.0. The number of carbonyl (C=O) groups is 1. The number of allylic oxidation sites excluding steroid dienone is 1. The van der Waals surface area contributed by atoms with E-state index < -0.39 is 8.80 Å². The fourth-order valence-corrected chi connectivity index (χ4v) is 6.39. The Morgan fingerprint density at radius 2 is 1.61 bits per heavy atom. The molecule has 1 aliphatic rings. The highest BCUT2D eigenvalue weighted by atomic mass is 28.4. The molecule has 1 rings (SSSR count). The third-order valence-corrected chi connectivity index (χ3v) is 8.37. The number of alkyl carbamates (subject to hydrolysis) is 1. The van der Waals surface area contributed by atoms with Gasteiger partial charge in [-0.05, 0) is 64.7 Å². The van der Waals surface area contributed by atoms with Gasteiger partial charge in [-0.2, -0.15) is 0 Å². The molecule has 0 atom stereocenters. The molecule has 1 saturated carbocycles. The van der Waals surface area contributed by atoms with E-state index in [2.05, 4.69) is 11.9 Å². The first-order valence-electron chi connectivity index (χ1n) is 11.0. The van der Waals surface area contributed by atoms with Gasteiger partial charge in [0.15, 0.2) is 0 Å². The lowest BCUT2D eigenvalue weighted by Gasteiger charge is -2.28. The lowest BCUT2D eigenvalue weighted by atomic mass is 9.80. The van der Waals surface area contributed by atoms with Crippen LogP contribution in [0.4, 0.5) is 4.79 Å². The van der Waals surface area contributed by atoms with E-state index in [1.54, 1.807) is 0 Å². The molecule has 0 spiro atoms. The first-order chi connectivity index (χ1) is 13.6. The highest BCUT2D eigenvalue weighted by Gasteiger charge is 2.39. The van der Waals surface area contributed by atoms with Gasteiger partial charge in [0, 0.05) is 32.4 Å². The number of carbonyl (C=O) groups excluding carboxylic acids is 1. The predicted octanol–water partition coefficient (Wildman–Crippen LogP) is 4.92. The lowest BCUT2D eigenvalue weighted by Crippen LogP contribution is -2.46. The molecule has 1 amide bonds. The average molecular weight is 416 g/mol. The normalized spacial score (nSPS) is 20.0. The van der Waals surface area contributed by atoms with Crippen molar-refractivity contribution in [2.24, 2.45) is 11.8 Å². The Morgan fingerprint density at radius 3 is 2.14 bits per heavy atom. The Bertz CT molecular complexity index is 410. The molecule has 0 aromatic carbocycles. The minimum Gasteiger partial charge on any atom is -0.449 e. The predicted molar refractivity (Wildman–Crippen MR) is 114 cm³/mol. The zero-order valence-electron chi connectivity index (χ0n) is 18.2. The van der Waals surface area contributed by atoms with E-state index in [4.69, 9.17) is 18.0 Å². The van der Waals surface area contributed by atoms with Crippen LogP contribution in [0.3, 0.4) is 0 Å². The zero-order chi connectivity index (χ0) is 20.7. The summed E-state index contributed by atoms with van der Waals surface area (Å²) in [5.74, 6) is 1.31. The van der Waals surface area contributed by atoms with Crippen molar-refractivity contribution in [1.29, 1.82) is 0 Å². The van der Waals surface area contributed by atoms with Gasteiger partial charge in [-0.3, -0.25) is 0 Å². The fraction of sp³-hybridized carbons (Fsp3) is 0.857. The summed E-state index contributed by atoms with van der Waals surface area (Å²) in [7, 11) is -2.63. The molecule has 0 aliphatic heterocycles. The molecular formula is C21H41NO5Si. The summed E-state index contributed by atoms with van der Waals surface area (Å²) in [5.41, 5.74) is 0. The van der Waals surface area contributed by atoms with Crippen LogP contribution >= 0.6 is 0 Å². The summed E-state index contributed by atoms with van der Waals surface area (Å²) >= 11 is 0. The van der Waals surface area contributed by atoms with Crippen LogP contribution in [0.25, 0.3) is 0 Å². The smallest absolute Gasteiger partial charge is 0.449 e. The highest BCUT2D eigenvalue weighted by molar-refractivity contribution is 6.60. The Balaban J connectivity index is 2.20. The van der Waals surface area contributed by atoms with Gasteiger partial charge < -0.3 is 23.3 Å². The Hall–Kier alpha value is -0.893. The molecule has 0 unspecified atom stereocenters. The summed E-state index contributed by atoms with van der Waals surface area (Å²) in [4.78, 5) is 12.0. The minimum absolute atomic E-state index is 0.328. The topological polar surface area (TPSA) is 66.0 Å². The van der Waals surface area contributed by atoms with Crippen LogP contribution in [0, 0.1) is 11.8 Å². The molecule has 0 aromatic rings. The maximum Gasteiger partial charge on any atom is 0.500 e. The molecule has 1 aliphatic carbocycles. The highest BCUT2D eigenvalue weighted by Crippen LogP contribution is 2.31. The Kier molecular flexibility index (Phi) is 13.5. The van der Waals surface area contributed by atoms with Crippen LogP contribution < -0.4 is 5.32 Å². The summed E-state index contributed by atoms with van der Waals surface area (Å²) in [6, 6.07) is 0.692. The van der Waals surface area contributed by atoms with Crippen LogP contribution in [0.15, 0.2) is 12.7 Å². The van der Waals surface area contributed by atoms with Crippen molar-refractivity contribution in [3.05, 3.63) is 12.7 Å². The van der Waals surface area contributed by atoms with Crippen LogP contribution in [0.5, 0.6) is 0 Å². The molecule has 0 aromatic heterocycles. The van der Waals surface area contributed by atoms with Crippen LogP contribution in [-0.4, -0.2) is 47.9 Å². The molecule has 7 heteroatoms.